The Morgan fingerprint density at radius 3 is 1.21 bits per heavy atom. The molecule has 42 heavy (non-hydrogen) atoms. The fourth-order valence-corrected chi connectivity index (χ4v) is 5.80. The molecule has 2 rings (SSSR count). The minimum atomic E-state index is -0.0444. The fraction of sp³-hybridized carbons (Fsp3) is 0.400. The summed E-state index contributed by atoms with van der Waals surface area (Å²) in [5.41, 5.74) is 6.91. The van der Waals surface area contributed by atoms with E-state index in [9.17, 15) is 9.59 Å². The molecule has 2 aliphatic rings. The second-order valence-corrected chi connectivity index (χ2v) is 13.5. The summed E-state index contributed by atoms with van der Waals surface area (Å²) >= 11 is 0. The van der Waals surface area contributed by atoms with Gasteiger partial charge in [-0.2, -0.15) is 0 Å². The van der Waals surface area contributed by atoms with Crippen molar-refractivity contribution in [2.24, 2.45) is 22.7 Å². The van der Waals surface area contributed by atoms with Gasteiger partial charge in [-0.25, -0.2) is 0 Å². The average molecular weight is 565 g/mol. The lowest BCUT2D eigenvalue weighted by Gasteiger charge is -2.35. The van der Waals surface area contributed by atoms with E-state index in [1.165, 1.54) is 22.3 Å². The number of allylic oxidation sites excluding steroid dienone is 22. The first kappa shape index (κ1) is 34.7. The largest absolute Gasteiger partial charge is 0.295 e. The van der Waals surface area contributed by atoms with Gasteiger partial charge in [0.25, 0.3) is 0 Å². The standard InChI is InChI=1S/C40H52O2/c1-29(17-13-19-31(3)21-23-37-33(5)25-35(41)27-39(37,7)8)15-11-12-16-30(2)18-14-20-32(4)22-24-38-34(6)26-36(42)28-40(38,9)10/h11-26,37-38H,27-28H2,1-10H3/b12-11+,17-13+,18-14+,23-21+,24-22+,29-15+,30-16+,31-19+,32-20+/t37-,38+. The highest BCUT2D eigenvalue weighted by molar-refractivity contribution is 5.92. The molecule has 0 aromatic heterocycles. The molecule has 0 amide bonds. The smallest absolute Gasteiger partial charge is 0.156 e. The second-order valence-electron chi connectivity index (χ2n) is 13.5. The van der Waals surface area contributed by atoms with Crippen molar-refractivity contribution in [3.8, 4) is 0 Å². The van der Waals surface area contributed by atoms with E-state index in [1.54, 1.807) is 12.2 Å². The minimum absolute atomic E-state index is 0.0444. The molecule has 0 unspecified atom stereocenters. The van der Waals surface area contributed by atoms with Crippen molar-refractivity contribution in [2.45, 2.75) is 82.1 Å². The summed E-state index contributed by atoms with van der Waals surface area (Å²) in [4.78, 5) is 23.8. The predicted octanol–water partition coefficient (Wildman–Crippen LogP) is 10.7. The molecule has 2 heteroatoms. The van der Waals surface area contributed by atoms with E-state index in [0.29, 0.717) is 12.8 Å². The molecule has 0 aromatic rings. The van der Waals surface area contributed by atoms with Gasteiger partial charge in [-0.15, -0.1) is 0 Å². The maximum atomic E-state index is 11.9. The Labute approximate surface area is 256 Å². The Balaban J connectivity index is 1.89. The van der Waals surface area contributed by atoms with Gasteiger partial charge in [-0.05, 0) is 64.5 Å². The Kier molecular flexibility index (Phi) is 12.9. The van der Waals surface area contributed by atoms with E-state index >= 15 is 0 Å². The normalized spacial score (nSPS) is 24.6. The molecule has 0 N–H and O–H groups in total. The van der Waals surface area contributed by atoms with Crippen LogP contribution >= 0.6 is 0 Å². The van der Waals surface area contributed by atoms with Crippen molar-refractivity contribution >= 4 is 11.6 Å². The molecule has 0 heterocycles. The zero-order chi connectivity index (χ0) is 31.5. The van der Waals surface area contributed by atoms with Crippen LogP contribution in [-0.4, -0.2) is 11.6 Å². The lowest BCUT2D eigenvalue weighted by Crippen LogP contribution is -2.30. The number of ketones is 2. The average Bonchev–Trinajstić information content (AvgIpc) is 2.84. The van der Waals surface area contributed by atoms with Crippen molar-refractivity contribution in [1.29, 1.82) is 0 Å². The molecule has 2 aliphatic carbocycles. The van der Waals surface area contributed by atoms with Gasteiger partial charge in [0.15, 0.2) is 11.6 Å². The summed E-state index contributed by atoms with van der Waals surface area (Å²) in [6, 6.07) is 0. The molecule has 0 bridgehead atoms. The van der Waals surface area contributed by atoms with E-state index < -0.39 is 0 Å². The minimum Gasteiger partial charge on any atom is -0.295 e. The van der Waals surface area contributed by atoms with Crippen molar-refractivity contribution in [3.63, 3.8) is 0 Å². The first-order valence-electron chi connectivity index (χ1n) is 15.1. The van der Waals surface area contributed by atoms with Gasteiger partial charge in [0, 0.05) is 24.7 Å². The van der Waals surface area contributed by atoms with E-state index in [2.05, 4.69) is 154 Å². The van der Waals surface area contributed by atoms with Crippen molar-refractivity contribution in [2.75, 3.05) is 0 Å². The van der Waals surface area contributed by atoms with E-state index in [-0.39, 0.29) is 34.2 Å². The van der Waals surface area contributed by atoms with Crippen LogP contribution in [0.2, 0.25) is 0 Å². The third-order valence-electron chi connectivity index (χ3n) is 8.07. The summed E-state index contributed by atoms with van der Waals surface area (Å²) in [7, 11) is 0. The van der Waals surface area contributed by atoms with Crippen LogP contribution in [0.25, 0.3) is 0 Å². The lowest BCUT2D eigenvalue weighted by molar-refractivity contribution is -0.118. The van der Waals surface area contributed by atoms with Gasteiger partial charge in [-0.3, -0.25) is 9.59 Å². The van der Waals surface area contributed by atoms with Crippen LogP contribution < -0.4 is 0 Å². The summed E-state index contributed by atoms with van der Waals surface area (Å²) in [5, 5.41) is 0. The molecule has 0 saturated carbocycles. The van der Waals surface area contributed by atoms with Crippen molar-refractivity contribution < 1.29 is 9.59 Å². The molecule has 224 valence electrons. The molecule has 0 aromatic carbocycles. The van der Waals surface area contributed by atoms with Crippen LogP contribution in [0.5, 0.6) is 0 Å². The molecular weight excluding hydrogens is 512 g/mol. The summed E-state index contributed by atoms with van der Waals surface area (Å²) < 4.78 is 0. The number of rotatable bonds is 10. The van der Waals surface area contributed by atoms with Gasteiger partial charge in [-0.1, -0.05) is 146 Å². The van der Waals surface area contributed by atoms with Gasteiger partial charge in [0.1, 0.15) is 0 Å². The maximum absolute atomic E-state index is 11.9. The predicted molar refractivity (Wildman–Crippen MR) is 182 cm³/mol. The summed E-state index contributed by atoms with van der Waals surface area (Å²) in [6.45, 7) is 21.2. The number of hydrogen-bond acceptors (Lipinski definition) is 2. The van der Waals surface area contributed by atoms with Crippen LogP contribution in [0.4, 0.5) is 0 Å². The molecule has 0 aliphatic heterocycles. The highest BCUT2D eigenvalue weighted by Gasteiger charge is 2.35. The molecule has 0 saturated heterocycles. The van der Waals surface area contributed by atoms with E-state index in [1.807, 2.05) is 0 Å². The van der Waals surface area contributed by atoms with Crippen LogP contribution in [0.1, 0.15) is 82.1 Å². The highest BCUT2D eigenvalue weighted by atomic mass is 16.1. The lowest BCUT2D eigenvalue weighted by atomic mass is 9.68. The third kappa shape index (κ3) is 11.4. The van der Waals surface area contributed by atoms with Gasteiger partial charge < -0.3 is 0 Å². The Bertz CT molecular complexity index is 1250. The second kappa shape index (κ2) is 15.6. The topological polar surface area (TPSA) is 34.1 Å². The zero-order valence-corrected chi connectivity index (χ0v) is 27.6. The van der Waals surface area contributed by atoms with Crippen molar-refractivity contribution in [3.05, 3.63) is 131 Å². The maximum Gasteiger partial charge on any atom is 0.156 e. The third-order valence-corrected chi connectivity index (χ3v) is 8.07. The van der Waals surface area contributed by atoms with E-state index in [0.717, 1.165) is 11.1 Å². The number of carbonyl (C=O) groups is 2. The monoisotopic (exact) mass is 564 g/mol. The molecule has 0 fully saturated rings. The first-order chi connectivity index (χ1) is 19.6. The highest BCUT2D eigenvalue weighted by Crippen LogP contribution is 2.41. The molecular formula is C40H52O2. The van der Waals surface area contributed by atoms with Crippen LogP contribution in [0, 0.1) is 22.7 Å². The van der Waals surface area contributed by atoms with Crippen molar-refractivity contribution in [1.82, 2.24) is 0 Å². The Morgan fingerprint density at radius 2 is 0.881 bits per heavy atom. The molecule has 2 nitrogen and oxygen atoms in total. The first-order valence-corrected chi connectivity index (χ1v) is 15.1. The Hall–Kier alpha value is -3.52. The van der Waals surface area contributed by atoms with Crippen LogP contribution in [-0.2, 0) is 9.59 Å². The summed E-state index contributed by atoms with van der Waals surface area (Å²) in [6.07, 6.45) is 34.5. The van der Waals surface area contributed by atoms with Gasteiger partial charge in [0.2, 0.25) is 0 Å². The fourth-order valence-electron chi connectivity index (χ4n) is 5.80. The van der Waals surface area contributed by atoms with Gasteiger partial charge >= 0.3 is 0 Å². The SMILES string of the molecule is CC1=CC(=O)CC(C)(C)[C@@H]1/C=C/C(C)=C/C=C/C(C)=C/C=C/C=C(C)/C=C/C=C(C)/C=C/[C@H]1C(C)=CC(=O)CC1(C)C. The molecule has 2 atom stereocenters. The molecule has 0 radical (unpaired) electrons. The number of hydrogen-bond donors (Lipinski definition) is 0. The molecule has 0 spiro atoms. The Morgan fingerprint density at radius 1 is 0.571 bits per heavy atom. The number of carbonyl (C=O) groups excluding carboxylic acids is 2. The summed E-state index contributed by atoms with van der Waals surface area (Å²) in [5.74, 6) is 1.03. The van der Waals surface area contributed by atoms with Crippen LogP contribution in [0.3, 0.4) is 0 Å². The van der Waals surface area contributed by atoms with Crippen LogP contribution in [0.15, 0.2) is 131 Å². The quantitative estimate of drug-likeness (QED) is 0.247. The van der Waals surface area contributed by atoms with E-state index in [4.69, 9.17) is 0 Å². The zero-order valence-electron chi connectivity index (χ0n) is 27.6. The van der Waals surface area contributed by atoms with Gasteiger partial charge in [0.05, 0.1) is 0 Å².